The molecule has 0 saturated carbocycles. The summed E-state index contributed by atoms with van der Waals surface area (Å²) in [6.07, 6.45) is 1.16. The zero-order valence-corrected chi connectivity index (χ0v) is 8.83. The lowest BCUT2D eigenvalue weighted by Gasteiger charge is -2.30. The Balaban J connectivity index is 1.93. The first-order valence-electron chi connectivity index (χ1n) is 5.63. The fraction of sp³-hybridized carbons (Fsp3) is 0.500. The molecule has 3 nitrogen and oxygen atoms in total. The van der Waals surface area contributed by atoms with Crippen molar-refractivity contribution in [3.8, 4) is 0 Å². The van der Waals surface area contributed by atoms with Crippen LogP contribution in [-0.4, -0.2) is 32.8 Å². The Hall–Kier alpha value is -1.22. The van der Waals surface area contributed by atoms with E-state index in [1.807, 2.05) is 0 Å². The lowest BCUT2D eigenvalue weighted by molar-refractivity contribution is 0.123. The van der Waals surface area contributed by atoms with Crippen LogP contribution in [0.25, 0.3) is 0 Å². The van der Waals surface area contributed by atoms with Gasteiger partial charge in [0.15, 0.2) is 0 Å². The molecule has 2 aliphatic rings. The van der Waals surface area contributed by atoms with Gasteiger partial charge in [-0.15, -0.1) is 0 Å². The second kappa shape index (κ2) is 3.74. The summed E-state index contributed by atoms with van der Waals surface area (Å²) in [4.78, 5) is 2.42. The van der Waals surface area contributed by atoms with Gasteiger partial charge in [0.1, 0.15) is 0 Å². The average molecular weight is 204 g/mol. The second-order valence-electron chi connectivity index (χ2n) is 4.09. The largest absolute Gasteiger partial charge is 0.383 e. The number of nitrogens with zero attached hydrogens (tertiary/aromatic N) is 1. The van der Waals surface area contributed by atoms with E-state index in [1.54, 1.807) is 0 Å². The van der Waals surface area contributed by atoms with E-state index in [4.69, 9.17) is 4.74 Å². The van der Waals surface area contributed by atoms with Crippen LogP contribution in [0, 0.1) is 0 Å². The van der Waals surface area contributed by atoms with Crippen LogP contribution < -0.4 is 10.2 Å². The van der Waals surface area contributed by atoms with Gasteiger partial charge in [0.25, 0.3) is 0 Å². The highest BCUT2D eigenvalue weighted by molar-refractivity contribution is 5.75. The number of hydrogen-bond acceptors (Lipinski definition) is 3. The van der Waals surface area contributed by atoms with Crippen molar-refractivity contribution < 1.29 is 4.74 Å². The molecule has 3 heteroatoms. The summed E-state index contributed by atoms with van der Waals surface area (Å²) in [5.74, 6) is 0. The number of nitrogens with one attached hydrogen (secondary N) is 1. The van der Waals surface area contributed by atoms with Crippen molar-refractivity contribution in [2.45, 2.75) is 6.42 Å². The number of ether oxygens (including phenoxy) is 1. The molecular weight excluding hydrogens is 188 g/mol. The predicted octanol–water partition coefficient (Wildman–Crippen LogP) is 1.49. The predicted molar refractivity (Wildman–Crippen MR) is 61.7 cm³/mol. The van der Waals surface area contributed by atoms with Crippen LogP contribution in [0.3, 0.4) is 0 Å². The zero-order chi connectivity index (χ0) is 10.1. The molecule has 3 rings (SSSR count). The summed E-state index contributed by atoms with van der Waals surface area (Å²) < 4.78 is 5.38. The average Bonchev–Trinajstić information content (AvgIpc) is 2.78. The van der Waals surface area contributed by atoms with Gasteiger partial charge in [0.05, 0.1) is 24.6 Å². The topological polar surface area (TPSA) is 24.5 Å². The van der Waals surface area contributed by atoms with Gasteiger partial charge in [-0.25, -0.2) is 0 Å². The SMILES string of the molecule is c1cc2c(c(N3CCOCC3)c1)NCC2. The normalized spacial score (nSPS) is 19.9. The minimum absolute atomic E-state index is 0.851. The van der Waals surface area contributed by atoms with Gasteiger partial charge in [-0.2, -0.15) is 0 Å². The summed E-state index contributed by atoms with van der Waals surface area (Å²) in [7, 11) is 0. The van der Waals surface area contributed by atoms with E-state index < -0.39 is 0 Å². The third-order valence-corrected chi connectivity index (χ3v) is 3.18. The third-order valence-electron chi connectivity index (χ3n) is 3.18. The monoisotopic (exact) mass is 204 g/mol. The highest BCUT2D eigenvalue weighted by Gasteiger charge is 2.19. The van der Waals surface area contributed by atoms with E-state index in [0.717, 1.165) is 39.3 Å². The lowest BCUT2D eigenvalue weighted by atomic mass is 10.1. The molecule has 1 N–H and O–H groups in total. The molecule has 0 radical (unpaired) electrons. The highest BCUT2D eigenvalue weighted by atomic mass is 16.5. The summed E-state index contributed by atoms with van der Waals surface area (Å²) >= 11 is 0. The molecule has 1 aromatic rings. The molecule has 0 aromatic heterocycles. The van der Waals surface area contributed by atoms with E-state index in [0.29, 0.717) is 0 Å². The number of para-hydroxylation sites is 1. The number of fused-ring (bicyclic) bond motifs is 1. The number of hydrogen-bond donors (Lipinski definition) is 1. The number of rotatable bonds is 1. The van der Waals surface area contributed by atoms with Gasteiger partial charge >= 0.3 is 0 Å². The summed E-state index contributed by atoms with van der Waals surface area (Å²) in [6, 6.07) is 6.60. The third kappa shape index (κ3) is 1.57. The number of morpholine rings is 1. The van der Waals surface area contributed by atoms with Gasteiger partial charge in [-0.1, -0.05) is 12.1 Å². The van der Waals surface area contributed by atoms with Crippen LogP contribution in [-0.2, 0) is 11.2 Å². The summed E-state index contributed by atoms with van der Waals surface area (Å²) in [5.41, 5.74) is 4.16. The molecule has 1 saturated heterocycles. The van der Waals surface area contributed by atoms with Gasteiger partial charge in [0.2, 0.25) is 0 Å². The van der Waals surface area contributed by atoms with Gasteiger partial charge < -0.3 is 15.0 Å². The van der Waals surface area contributed by atoms with Crippen molar-refractivity contribution in [2.24, 2.45) is 0 Å². The van der Waals surface area contributed by atoms with E-state index >= 15 is 0 Å². The number of anilines is 2. The molecule has 0 spiro atoms. The molecular formula is C12H16N2O. The zero-order valence-electron chi connectivity index (χ0n) is 8.83. The van der Waals surface area contributed by atoms with Crippen LogP contribution in [0.5, 0.6) is 0 Å². The van der Waals surface area contributed by atoms with Gasteiger partial charge in [-0.05, 0) is 18.1 Å². The molecule has 1 aromatic carbocycles. The standard InChI is InChI=1S/C12H16N2O/c1-2-10-4-5-13-12(10)11(3-1)14-6-8-15-9-7-14/h1-3,13H,4-9H2. The Kier molecular flexibility index (Phi) is 2.25. The molecule has 15 heavy (non-hydrogen) atoms. The first-order chi connectivity index (χ1) is 7.45. The lowest BCUT2D eigenvalue weighted by Crippen LogP contribution is -2.36. The molecule has 0 aliphatic carbocycles. The Morgan fingerprint density at radius 1 is 1.20 bits per heavy atom. The molecule has 0 amide bonds. The van der Waals surface area contributed by atoms with Crippen LogP contribution in [0.2, 0.25) is 0 Å². The van der Waals surface area contributed by atoms with E-state index in [9.17, 15) is 0 Å². The first kappa shape index (κ1) is 9.04. The highest BCUT2D eigenvalue weighted by Crippen LogP contribution is 2.33. The van der Waals surface area contributed by atoms with Crippen molar-refractivity contribution in [3.63, 3.8) is 0 Å². The minimum atomic E-state index is 0.851. The Bertz CT molecular complexity index is 359. The summed E-state index contributed by atoms with van der Waals surface area (Å²) in [6.45, 7) is 4.81. The van der Waals surface area contributed by atoms with Crippen molar-refractivity contribution in [3.05, 3.63) is 23.8 Å². The first-order valence-corrected chi connectivity index (χ1v) is 5.63. The van der Waals surface area contributed by atoms with Crippen LogP contribution in [0.1, 0.15) is 5.56 Å². The quantitative estimate of drug-likeness (QED) is 0.750. The van der Waals surface area contributed by atoms with Crippen molar-refractivity contribution >= 4 is 11.4 Å². The number of benzene rings is 1. The maximum atomic E-state index is 5.38. The molecule has 0 unspecified atom stereocenters. The summed E-state index contributed by atoms with van der Waals surface area (Å²) in [5, 5.41) is 3.48. The van der Waals surface area contributed by atoms with E-state index in [1.165, 1.54) is 16.9 Å². The molecule has 0 atom stereocenters. The molecule has 2 aliphatic heterocycles. The fourth-order valence-electron chi connectivity index (χ4n) is 2.39. The van der Waals surface area contributed by atoms with Crippen molar-refractivity contribution in [1.29, 1.82) is 0 Å². The Morgan fingerprint density at radius 3 is 2.93 bits per heavy atom. The maximum Gasteiger partial charge on any atom is 0.0642 e. The Morgan fingerprint density at radius 2 is 2.07 bits per heavy atom. The van der Waals surface area contributed by atoms with Gasteiger partial charge in [0, 0.05) is 19.6 Å². The van der Waals surface area contributed by atoms with Crippen LogP contribution in [0.4, 0.5) is 11.4 Å². The molecule has 2 heterocycles. The van der Waals surface area contributed by atoms with Crippen molar-refractivity contribution in [1.82, 2.24) is 0 Å². The molecule has 1 fully saturated rings. The van der Waals surface area contributed by atoms with E-state index in [2.05, 4.69) is 28.4 Å². The fourth-order valence-corrected chi connectivity index (χ4v) is 2.39. The van der Waals surface area contributed by atoms with Crippen LogP contribution >= 0.6 is 0 Å². The second-order valence-corrected chi connectivity index (χ2v) is 4.09. The van der Waals surface area contributed by atoms with E-state index in [-0.39, 0.29) is 0 Å². The molecule has 0 bridgehead atoms. The van der Waals surface area contributed by atoms with Crippen LogP contribution in [0.15, 0.2) is 18.2 Å². The van der Waals surface area contributed by atoms with Gasteiger partial charge in [-0.3, -0.25) is 0 Å². The maximum absolute atomic E-state index is 5.38. The smallest absolute Gasteiger partial charge is 0.0642 e. The Labute approximate surface area is 90.0 Å². The molecule has 80 valence electrons. The minimum Gasteiger partial charge on any atom is -0.383 e. The van der Waals surface area contributed by atoms with Crippen molar-refractivity contribution in [2.75, 3.05) is 43.1 Å².